The molecule has 0 radical (unpaired) electrons. The van der Waals surface area contributed by atoms with E-state index in [1.165, 1.54) is 23.1 Å². The molecule has 7 heteroatoms. The molecule has 1 atom stereocenters. The molecule has 2 N–H and O–H groups in total. The number of rotatable bonds is 5. The second kappa shape index (κ2) is 6.16. The van der Waals surface area contributed by atoms with E-state index in [9.17, 15) is 18.0 Å². The van der Waals surface area contributed by atoms with Crippen molar-refractivity contribution in [2.75, 3.05) is 13.1 Å². The van der Waals surface area contributed by atoms with Gasteiger partial charge in [-0.25, -0.2) is 4.79 Å². The predicted octanol–water partition coefficient (Wildman–Crippen LogP) is 3.16. The maximum absolute atomic E-state index is 13.0. The average Bonchev–Trinajstić information content (AvgIpc) is 2.71. The van der Waals surface area contributed by atoms with E-state index < -0.39 is 23.4 Å². The molecule has 1 aromatic carbocycles. The van der Waals surface area contributed by atoms with Gasteiger partial charge in [-0.15, -0.1) is 0 Å². The Morgan fingerprint density at radius 1 is 1.36 bits per heavy atom. The number of nitrogens with zero attached hydrogens (tertiary/aromatic N) is 1. The van der Waals surface area contributed by atoms with Gasteiger partial charge in [-0.2, -0.15) is 13.2 Å². The van der Waals surface area contributed by atoms with Gasteiger partial charge in [-0.05, 0) is 37.9 Å². The molecule has 122 valence electrons. The minimum absolute atomic E-state index is 0.0648. The van der Waals surface area contributed by atoms with Crippen molar-refractivity contribution in [3.8, 4) is 0 Å². The molecule has 22 heavy (non-hydrogen) atoms. The fourth-order valence-electron chi connectivity index (χ4n) is 2.64. The van der Waals surface area contributed by atoms with Crippen molar-refractivity contribution < 1.29 is 22.7 Å². The predicted molar refractivity (Wildman–Crippen MR) is 75.0 cm³/mol. The number of amides is 1. The van der Waals surface area contributed by atoms with Crippen LogP contribution in [0.4, 0.5) is 18.0 Å². The molecule has 1 fully saturated rings. The van der Waals surface area contributed by atoms with E-state index in [1.807, 2.05) is 0 Å². The van der Waals surface area contributed by atoms with Gasteiger partial charge in [0.05, 0.1) is 12.1 Å². The topological polar surface area (TPSA) is 55.6 Å². The lowest BCUT2D eigenvalue weighted by molar-refractivity contribution is -0.138. The van der Waals surface area contributed by atoms with Crippen molar-refractivity contribution in [3.05, 3.63) is 35.4 Å². The summed E-state index contributed by atoms with van der Waals surface area (Å²) in [4.78, 5) is 13.2. The lowest BCUT2D eigenvalue weighted by atomic mass is 10.00. The standard InChI is InChI=1S/C15H19F3N2O2/c1-14(7-4-8-19)10-20(13(21)22-14)9-11-5-2-3-6-12(11)15(16,17)18/h2-3,5-6H,4,7-10,19H2,1H3. The van der Waals surface area contributed by atoms with E-state index in [1.54, 1.807) is 6.92 Å². The Morgan fingerprint density at radius 2 is 2.05 bits per heavy atom. The Balaban J connectivity index is 2.14. The van der Waals surface area contributed by atoms with E-state index in [4.69, 9.17) is 10.5 Å². The number of carbonyl (C=O) groups excluding carboxylic acids is 1. The largest absolute Gasteiger partial charge is 0.441 e. The van der Waals surface area contributed by atoms with Gasteiger partial charge in [0.25, 0.3) is 0 Å². The van der Waals surface area contributed by atoms with Crippen LogP contribution in [0.25, 0.3) is 0 Å². The van der Waals surface area contributed by atoms with Crippen LogP contribution < -0.4 is 5.73 Å². The molecule has 0 bridgehead atoms. The Labute approximate surface area is 127 Å². The smallest absolute Gasteiger partial charge is 0.416 e. The van der Waals surface area contributed by atoms with E-state index in [2.05, 4.69) is 0 Å². The van der Waals surface area contributed by atoms with E-state index in [0.29, 0.717) is 19.4 Å². The Hall–Kier alpha value is -1.76. The third-order valence-electron chi connectivity index (χ3n) is 3.71. The van der Waals surface area contributed by atoms with Crippen LogP contribution in [0.2, 0.25) is 0 Å². The van der Waals surface area contributed by atoms with Gasteiger partial charge in [-0.1, -0.05) is 18.2 Å². The molecule has 1 aliphatic heterocycles. The normalized spacial score (nSPS) is 22.0. The number of ether oxygens (including phenoxy) is 1. The number of halogens is 3. The zero-order chi connectivity index (χ0) is 16.4. The summed E-state index contributed by atoms with van der Waals surface area (Å²) < 4.78 is 44.3. The summed E-state index contributed by atoms with van der Waals surface area (Å²) in [6, 6.07) is 5.26. The molecule has 1 saturated heterocycles. The molecule has 2 rings (SSSR count). The van der Waals surface area contributed by atoms with Crippen molar-refractivity contribution in [2.24, 2.45) is 5.73 Å². The maximum Gasteiger partial charge on any atom is 0.416 e. The summed E-state index contributed by atoms with van der Waals surface area (Å²) >= 11 is 0. The van der Waals surface area contributed by atoms with Gasteiger partial charge in [0.15, 0.2) is 0 Å². The van der Waals surface area contributed by atoms with E-state index in [0.717, 1.165) is 6.07 Å². The maximum atomic E-state index is 13.0. The summed E-state index contributed by atoms with van der Waals surface area (Å²) in [5.41, 5.74) is 4.10. The van der Waals surface area contributed by atoms with E-state index >= 15 is 0 Å². The summed E-state index contributed by atoms with van der Waals surface area (Å²) in [7, 11) is 0. The number of benzene rings is 1. The Kier molecular flexibility index (Phi) is 4.65. The van der Waals surface area contributed by atoms with Gasteiger partial charge in [0.1, 0.15) is 5.60 Å². The van der Waals surface area contributed by atoms with Crippen molar-refractivity contribution in [3.63, 3.8) is 0 Å². The van der Waals surface area contributed by atoms with Gasteiger partial charge in [0.2, 0.25) is 0 Å². The number of nitrogens with two attached hydrogens (primary N) is 1. The second-order valence-corrected chi connectivity index (χ2v) is 5.72. The van der Waals surface area contributed by atoms with Crippen molar-refractivity contribution in [1.29, 1.82) is 0 Å². The molecular weight excluding hydrogens is 297 g/mol. The third-order valence-corrected chi connectivity index (χ3v) is 3.71. The first-order valence-corrected chi connectivity index (χ1v) is 7.08. The summed E-state index contributed by atoms with van der Waals surface area (Å²) in [6.45, 7) is 2.39. The molecule has 1 heterocycles. The summed E-state index contributed by atoms with van der Waals surface area (Å²) in [5, 5.41) is 0. The molecule has 4 nitrogen and oxygen atoms in total. The molecule has 1 amide bonds. The lowest BCUT2D eigenvalue weighted by Gasteiger charge is -2.22. The fraction of sp³-hybridized carbons (Fsp3) is 0.533. The number of cyclic esters (lactones) is 1. The highest BCUT2D eigenvalue weighted by Gasteiger charge is 2.42. The van der Waals surface area contributed by atoms with Crippen LogP contribution in [0.1, 0.15) is 30.9 Å². The van der Waals surface area contributed by atoms with Crippen LogP contribution in [0.5, 0.6) is 0 Å². The van der Waals surface area contributed by atoms with Crippen LogP contribution in [-0.4, -0.2) is 29.7 Å². The van der Waals surface area contributed by atoms with Crippen molar-refractivity contribution >= 4 is 6.09 Å². The molecular formula is C15H19F3N2O2. The zero-order valence-corrected chi connectivity index (χ0v) is 12.3. The van der Waals surface area contributed by atoms with Gasteiger partial charge in [0, 0.05) is 6.54 Å². The van der Waals surface area contributed by atoms with Crippen LogP contribution in [0.15, 0.2) is 24.3 Å². The lowest BCUT2D eigenvalue weighted by Crippen LogP contribution is -2.32. The first-order valence-electron chi connectivity index (χ1n) is 7.08. The summed E-state index contributed by atoms with van der Waals surface area (Å²) in [5.74, 6) is 0. The first kappa shape index (κ1) is 16.6. The number of hydrogen-bond donors (Lipinski definition) is 1. The zero-order valence-electron chi connectivity index (χ0n) is 12.3. The SMILES string of the molecule is CC1(CCCN)CN(Cc2ccccc2C(F)(F)F)C(=O)O1. The van der Waals surface area contributed by atoms with Gasteiger partial charge in [-0.3, -0.25) is 4.90 Å². The highest BCUT2D eigenvalue weighted by molar-refractivity contribution is 5.70. The molecule has 1 unspecified atom stereocenters. The molecule has 1 aliphatic rings. The second-order valence-electron chi connectivity index (χ2n) is 5.72. The van der Waals surface area contributed by atoms with Gasteiger partial charge < -0.3 is 10.5 Å². The number of carbonyl (C=O) groups is 1. The molecule has 0 spiro atoms. The minimum atomic E-state index is -4.44. The molecule has 0 aromatic heterocycles. The van der Waals surface area contributed by atoms with Crippen LogP contribution in [0, 0.1) is 0 Å². The minimum Gasteiger partial charge on any atom is -0.441 e. The Bertz CT molecular complexity index is 548. The highest BCUT2D eigenvalue weighted by atomic mass is 19.4. The van der Waals surface area contributed by atoms with Gasteiger partial charge >= 0.3 is 12.3 Å². The molecule has 0 aliphatic carbocycles. The third kappa shape index (κ3) is 3.71. The summed E-state index contributed by atoms with van der Waals surface area (Å²) in [6.07, 6.45) is -3.75. The van der Waals surface area contributed by atoms with E-state index in [-0.39, 0.29) is 18.7 Å². The Morgan fingerprint density at radius 3 is 2.68 bits per heavy atom. The average molecular weight is 316 g/mol. The number of alkyl halides is 3. The molecule has 0 saturated carbocycles. The quantitative estimate of drug-likeness (QED) is 0.908. The van der Waals surface area contributed by atoms with Crippen LogP contribution >= 0.6 is 0 Å². The van der Waals surface area contributed by atoms with Crippen LogP contribution in [0.3, 0.4) is 0 Å². The van der Waals surface area contributed by atoms with Crippen molar-refractivity contribution in [1.82, 2.24) is 4.90 Å². The van der Waals surface area contributed by atoms with Crippen LogP contribution in [-0.2, 0) is 17.5 Å². The fourth-order valence-corrected chi connectivity index (χ4v) is 2.64. The highest BCUT2D eigenvalue weighted by Crippen LogP contribution is 2.34. The first-order chi connectivity index (χ1) is 10.2. The molecule has 1 aromatic rings. The monoisotopic (exact) mass is 316 g/mol. The number of hydrogen-bond acceptors (Lipinski definition) is 3. The van der Waals surface area contributed by atoms with Crippen molar-refractivity contribution in [2.45, 2.75) is 38.1 Å².